The van der Waals surface area contributed by atoms with Crippen LogP contribution in [0.2, 0.25) is 5.02 Å². The molecule has 1 saturated heterocycles. The standard InChI is InChI=1S/C14H17ClN4/c15-13-4-2-1-3-12(13)9-19-10-17-18-14(19)11-5-7-16-8-6-11/h1-4,10-11,16H,5-9H2. The van der Waals surface area contributed by atoms with Gasteiger partial charge in [-0.2, -0.15) is 0 Å². The summed E-state index contributed by atoms with van der Waals surface area (Å²) in [6, 6.07) is 7.93. The van der Waals surface area contributed by atoms with Crippen molar-refractivity contribution in [3.05, 3.63) is 47.0 Å². The lowest BCUT2D eigenvalue weighted by molar-refractivity contribution is 0.433. The van der Waals surface area contributed by atoms with Gasteiger partial charge in [0.25, 0.3) is 0 Å². The van der Waals surface area contributed by atoms with Crippen molar-refractivity contribution in [2.75, 3.05) is 13.1 Å². The van der Waals surface area contributed by atoms with Gasteiger partial charge in [0.2, 0.25) is 0 Å². The SMILES string of the molecule is Clc1ccccc1Cn1cnnc1C1CCNCC1. The van der Waals surface area contributed by atoms with Crippen LogP contribution in [0.1, 0.15) is 30.1 Å². The monoisotopic (exact) mass is 276 g/mol. The zero-order chi connectivity index (χ0) is 13.1. The summed E-state index contributed by atoms with van der Waals surface area (Å²) in [6.07, 6.45) is 4.06. The van der Waals surface area contributed by atoms with E-state index in [1.165, 1.54) is 0 Å². The second-order valence-corrected chi connectivity index (χ2v) is 5.34. The molecule has 0 radical (unpaired) electrons. The minimum absolute atomic E-state index is 0.506. The van der Waals surface area contributed by atoms with Crippen LogP contribution in [0.3, 0.4) is 0 Å². The number of aromatic nitrogens is 3. The second kappa shape index (κ2) is 5.72. The number of rotatable bonds is 3. The predicted molar refractivity (Wildman–Crippen MR) is 75.4 cm³/mol. The number of nitrogens with zero attached hydrogens (tertiary/aromatic N) is 3. The van der Waals surface area contributed by atoms with Crippen LogP contribution in [0.25, 0.3) is 0 Å². The summed E-state index contributed by atoms with van der Waals surface area (Å²) in [6.45, 7) is 2.86. The highest BCUT2D eigenvalue weighted by Gasteiger charge is 2.20. The summed E-state index contributed by atoms with van der Waals surface area (Å²) in [5.41, 5.74) is 1.11. The summed E-state index contributed by atoms with van der Waals surface area (Å²) in [7, 11) is 0. The van der Waals surface area contributed by atoms with E-state index in [0.717, 1.165) is 48.9 Å². The predicted octanol–water partition coefficient (Wildman–Crippen LogP) is 2.45. The Kier molecular flexibility index (Phi) is 3.80. The van der Waals surface area contributed by atoms with Crippen molar-refractivity contribution in [1.82, 2.24) is 20.1 Å². The van der Waals surface area contributed by atoms with Gasteiger partial charge in [-0.25, -0.2) is 0 Å². The average molecular weight is 277 g/mol. The zero-order valence-electron chi connectivity index (χ0n) is 10.7. The molecule has 1 aromatic heterocycles. The van der Waals surface area contributed by atoms with Crippen LogP contribution in [0.4, 0.5) is 0 Å². The fourth-order valence-corrected chi connectivity index (χ4v) is 2.79. The van der Waals surface area contributed by atoms with E-state index in [2.05, 4.69) is 26.1 Å². The molecule has 3 rings (SSSR count). The van der Waals surface area contributed by atoms with Gasteiger partial charge in [-0.15, -0.1) is 10.2 Å². The number of hydrogen-bond donors (Lipinski definition) is 1. The van der Waals surface area contributed by atoms with Gasteiger partial charge in [-0.05, 0) is 37.6 Å². The van der Waals surface area contributed by atoms with Crippen LogP contribution in [-0.4, -0.2) is 27.9 Å². The van der Waals surface area contributed by atoms with Gasteiger partial charge < -0.3 is 9.88 Å². The molecule has 1 N–H and O–H groups in total. The van der Waals surface area contributed by atoms with Gasteiger partial charge in [-0.3, -0.25) is 0 Å². The molecule has 1 aliphatic heterocycles. The molecule has 4 nitrogen and oxygen atoms in total. The maximum Gasteiger partial charge on any atom is 0.136 e. The summed E-state index contributed by atoms with van der Waals surface area (Å²) in [4.78, 5) is 0. The Morgan fingerprint density at radius 3 is 2.84 bits per heavy atom. The fraction of sp³-hybridized carbons (Fsp3) is 0.429. The van der Waals surface area contributed by atoms with E-state index in [9.17, 15) is 0 Å². The highest BCUT2D eigenvalue weighted by molar-refractivity contribution is 6.31. The molecule has 5 heteroatoms. The molecule has 1 aliphatic rings. The van der Waals surface area contributed by atoms with Crippen molar-refractivity contribution < 1.29 is 0 Å². The van der Waals surface area contributed by atoms with Gasteiger partial charge in [0.1, 0.15) is 12.2 Å². The molecule has 0 amide bonds. The third-order valence-electron chi connectivity index (χ3n) is 3.65. The first-order valence-electron chi connectivity index (χ1n) is 6.66. The van der Waals surface area contributed by atoms with Crippen LogP contribution in [-0.2, 0) is 6.54 Å². The third-order valence-corrected chi connectivity index (χ3v) is 4.02. The van der Waals surface area contributed by atoms with E-state index in [1.807, 2.05) is 18.2 Å². The minimum atomic E-state index is 0.506. The van der Waals surface area contributed by atoms with Crippen LogP contribution in [0.15, 0.2) is 30.6 Å². The summed E-state index contributed by atoms with van der Waals surface area (Å²) in [5.74, 6) is 1.59. The molecule has 0 aliphatic carbocycles. The molecule has 0 bridgehead atoms. The minimum Gasteiger partial charge on any atom is -0.317 e. The summed E-state index contributed by atoms with van der Waals surface area (Å²) < 4.78 is 2.12. The Bertz CT molecular complexity index is 546. The molecule has 2 heterocycles. The Morgan fingerprint density at radius 1 is 1.26 bits per heavy atom. The third kappa shape index (κ3) is 2.80. The van der Waals surface area contributed by atoms with Gasteiger partial charge in [0, 0.05) is 10.9 Å². The van der Waals surface area contributed by atoms with Gasteiger partial charge in [0.05, 0.1) is 6.54 Å². The van der Waals surface area contributed by atoms with Crippen molar-refractivity contribution >= 4 is 11.6 Å². The molecule has 0 atom stereocenters. The molecule has 19 heavy (non-hydrogen) atoms. The molecule has 1 aromatic carbocycles. The highest BCUT2D eigenvalue weighted by Crippen LogP contribution is 2.24. The molecule has 0 unspecified atom stereocenters. The number of hydrogen-bond acceptors (Lipinski definition) is 3. The van der Waals surface area contributed by atoms with Crippen molar-refractivity contribution in [2.45, 2.75) is 25.3 Å². The van der Waals surface area contributed by atoms with E-state index in [0.29, 0.717) is 5.92 Å². The van der Waals surface area contributed by atoms with E-state index in [-0.39, 0.29) is 0 Å². The first-order valence-corrected chi connectivity index (χ1v) is 7.04. The average Bonchev–Trinajstić information content (AvgIpc) is 2.91. The first-order chi connectivity index (χ1) is 9.34. The zero-order valence-corrected chi connectivity index (χ0v) is 11.5. The largest absolute Gasteiger partial charge is 0.317 e. The molecule has 0 spiro atoms. The number of piperidine rings is 1. The Balaban J connectivity index is 1.82. The van der Waals surface area contributed by atoms with Gasteiger partial charge in [-0.1, -0.05) is 29.8 Å². The summed E-state index contributed by atoms with van der Waals surface area (Å²) in [5, 5.41) is 12.6. The lowest BCUT2D eigenvalue weighted by Crippen LogP contribution is -2.28. The summed E-state index contributed by atoms with van der Waals surface area (Å²) >= 11 is 6.22. The number of nitrogens with one attached hydrogen (secondary N) is 1. The lowest BCUT2D eigenvalue weighted by atomic mass is 9.97. The van der Waals surface area contributed by atoms with Crippen molar-refractivity contribution in [2.24, 2.45) is 0 Å². The fourth-order valence-electron chi connectivity index (χ4n) is 2.59. The van der Waals surface area contributed by atoms with E-state index < -0.39 is 0 Å². The Morgan fingerprint density at radius 2 is 2.05 bits per heavy atom. The second-order valence-electron chi connectivity index (χ2n) is 4.93. The van der Waals surface area contributed by atoms with Crippen LogP contribution in [0, 0.1) is 0 Å². The van der Waals surface area contributed by atoms with Crippen LogP contribution < -0.4 is 5.32 Å². The van der Waals surface area contributed by atoms with E-state index in [4.69, 9.17) is 11.6 Å². The van der Waals surface area contributed by atoms with Gasteiger partial charge >= 0.3 is 0 Å². The highest BCUT2D eigenvalue weighted by atomic mass is 35.5. The Hall–Kier alpha value is -1.39. The van der Waals surface area contributed by atoms with Crippen molar-refractivity contribution in [3.8, 4) is 0 Å². The van der Waals surface area contributed by atoms with E-state index in [1.54, 1.807) is 6.33 Å². The number of benzene rings is 1. The van der Waals surface area contributed by atoms with Crippen LogP contribution >= 0.6 is 11.6 Å². The Labute approximate surface area is 117 Å². The van der Waals surface area contributed by atoms with Gasteiger partial charge in [0.15, 0.2) is 0 Å². The molecule has 2 aromatic rings. The number of halogens is 1. The smallest absolute Gasteiger partial charge is 0.136 e. The molecular formula is C14H17ClN4. The molecule has 100 valence electrons. The molecule has 0 saturated carbocycles. The molecule has 1 fully saturated rings. The first kappa shape index (κ1) is 12.6. The van der Waals surface area contributed by atoms with Crippen LogP contribution in [0.5, 0.6) is 0 Å². The van der Waals surface area contributed by atoms with Crippen molar-refractivity contribution in [3.63, 3.8) is 0 Å². The maximum absolute atomic E-state index is 6.22. The van der Waals surface area contributed by atoms with Crippen molar-refractivity contribution in [1.29, 1.82) is 0 Å². The quantitative estimate of drug-likeness (QED) is 0.936. The molecular weight excluding hydrogens is 260 g/mol. The topological polar surface area (TPSA) is 42.7 Å². The maximum atomic E-state index is 6.22. The normalized spacial score (nSPS) is 16.7. The lowest BCUT2D eigenvalue weighted by Gasteiger charge is -2.22. The van der Waals surface area contributed by atoms with E-state index >= 15 is 0 Å².